The van der Waals surface area contributed by atoms with Crippen LogP contribution in [0.1, 0.15) is 27.1 Å². The van der Waals surface area contributed by atoms with Crippen LogP contribution in [0.2, 0.25) is 0 Å². The van der Waals surface area contributed by atoms with Gasteiger partial charge in [0, 0.05) is 0 Å². The van der Waals surface area contributed by atoms with Crippen LogP contribution in [-0.4, -0.2) is 35.0 Å². The predicted octanol–water partition coefficient (Wildman–Crippen LogP) is -0.0433. The number of hydrogen-bond acceptors (Lipinski definition) is 5. The molecule has 1 aliphatic rings. The van der Waals surface area contributed by atoms with E-state index in [0.717, 1.165) is 0 Å². The number of benzene rings is 1. The van der Waals surface area contributed by atoms with Gasteiger partial charge in [0.2, 0.25) is 0 Å². The third-order valence-corrected chi connectivity index (χ3v) is 2.58. The third kappa shape index (κ3) is 2.59. The number of carbonyl (C=O) groups is 4. The van der Waals surface area contributed by atoms with Gasteiger partial charge in [-0.3, -0.25) is 9.59 Å². The summed E-state index contributed by atoms with van der Waals surface area (Å²) in [4.78, 5) is 44.9. The zero-order valence-electron chi connectivity index (χ0n) is 9.58. The summed E-state index contributed by atoms with van der Waals surface area (Å²) in [6, 6.07) is 4.51. The van der Waals surface area contributed by atoms with Crippen molar-refractivity contribution in [2.24, 2.45) is 0 Å². The van der Waals surface area contributed by atoms with Crippen LogP contribution < -0.4 is 5.32 Å². The van der Waals surface area contributed by atoms with Crippen molar-refractivity contribution in [3.63, 3.8) is 0 Å². The van der Waals surface area contributed by atoms with Crippen molar-refractivity contribution in [3.05, 3.63) is 35.4 Å². The van der Waals surface area contributed by atoms with Crippen molar-refractivity contribution in [3.8, 4) is 0 Å². The third-order valence-electron chi connectivity index (χ3n) is 2.58. The molecular weight excluding hydrogens is 254 g/mol. The Morgan fingerprint density at radius 1 is 1.21 bits per heavy atom. The van der Waals surface area contributed by atoms with Crippen molar-refractivity contribution in [2.45, 2.75) is 12.5 Å². The minimum atomic E-state index is -1.25. The van der Waals surface area contributed by atoms with Crippen molar-refractivity contribution in [1.82, 2.24) is 5.32 Å². The van der Waals surface area contributed by atoms with Gasteiger partial charge in [-0.25, -0.2) is 9.59 Å². The Hall–Kier alpha value is -2.70. The van der Waals surface area contributed by atoms with E-state index in [0.29, 0.717) is 0 Å². The Balaban J connectivity index is 2.19. The van der Waals surface area contributed by atoms with Crippen LogP contribution in [0.3, 0.4) is 0 Å². The van der Waals surface area contributed by atoms with Gasteiger partial charge >= 0.3 is 17.9 Å². The summed E-state index contributed by atoms with van der Waals surface area (Å²) in [5.41, 5.74) is -0.264. The lowest BCUT2D eigenvalue weighted by molar-refractivity contribution is -0.152. The number of ether oxygens (including phenoxy) is 1. The van der Waals surface area contributed by atoms with Crippen LogP contribution in [0, 0.1) is 0 Å². The lowest BCUT2D eigenvalue weighted by Crippen LogP contribution is -2.38. The summed E-state index contributed by atoms with van der Waals surface area (Å²) in [7, 11) is 0. The van der Waals surface area contributed by atoms with Gasteiger partial charge in [-0.1, -0.05) is 12.1 Å². The molecule has 0 aromatic heterocycles. The van der Waals surface area contributed by atoms with Crippen molar-refractivity contribution in [1.29, 1.82) is 0 Å². The molecule has 0 unspecified atom stereocenters. The van der Waals surface area contributed by atoms with Gasteiger partial charge in [0.15, 0.2) is 0 Å². The van der Waals surface area contributed by atoms with Crippen LogP contribution in [0.25, 0.3) is 0 Å². The molecule has 1 aromatic carbocycles. The Kier molecular flexibility index (Phi) is 3.28. The quantitative estimate of drug-likeness (QED) is 0.584. The highest BCUT2D eigenvalue weighted by atomic mass is 16.6. The van der Waals surface area contributed by atoms with Gasteiger partial charge in [0.05, 0.1) is 17.5 Å². The molecule has 7 heteroatoms. The number of aromatic carboxylic acids is 1. The average Bonchev–Trinajstić information content (AvgIpc) is 2.67. The van der Waals surface area contributed by atoms with Gasteiger partial charge in [0.1, 0.15) is 6.04 Å². The van der Waals surface area contributed by atoms with Crippen molar-refractivity contribution in [2.75, 3.05) is 0 Å². The van der Waals surface area contributed by atoms with Gasteiger partial charge < -0.3 is 15.2 Å². The summed E-state index contributed by atoms with van der Waals surface area (Å²) in [6.07, 6.45) is -0.250. The Labute approximate surface area is 107 Å². The number of esters is 2. The molecule has 0 aliphatic carbocycles. The number of nitrogens with one attached hydrogen (secondary N) is 1. The minimum absolute atomic E-state index is 0.0813. The summed E-state index contributed by atoms with van der Waals surface area (Å²) in [5.74, 6) is -3.56. The first-order valence-electron chi connectivity index (χ1n) is 5.36. The molecule has 2 N–H and O–H groups in total. The summed E-state index contributed by atoms with van der Waals surface area (Å²) >= 11 is 0. The number of hydrogen-bond donors (Lipinski definition) is 2. The zero-order valence-corrected chi connectivity index (χ0v) is 9.58. The van der Waals surface area contributed by atoms with Crippen molar-refractivity contribution >= 4 is 23.8 Å². The maximum atomic E-state index is 11.9. The molecule has 1 amide bonds. The van der Waals surface area contributed by atoms with Crippen LogP contribution >= 0.6 is 0 Å². The molecule has 19 heavy (non-hydrogen) atoms. The van der Waals surface area contributed by atoms with E-state index in [1.807, 2.05) is 0 Å². The molecule has 1 atom stereocenters. The van der Waals surface area contributed by atoms with Crippen LogP contribution in [0.5, 0.6) is 0 Å². The first kappa shape index (κ1) is 12.7. The molecule has 0 bridgehead atoms. The van der Waals surface area contributed by atoms with Gasteiger partial charge in [-0.05, 0) is 12.1 Å². The first-order chi connectivity index (χ1) is 8.99. The first-order valence-corrected chi connectivity index (χ1v) is 5.36. The predicted molar refractivity (Wildman–Crippen MR) is 60.4 cm³/mol. The van der Waals surface area contributed by atoms with Gasteiger partial charge in [-0.2, -0.15) is 0 Å². The van der Waals surface area contributed by atoms with E-state index in [2.05, 4.69) is 10.1 Å². The smallest absolute Gasteiger partial charge is 0.336 e. The van der Waals surface area contributed by atoms with E-state index in [-0.39, 0.29) is 17.5 Å². The zero-order chi connectivity index (χ0) is 14.0. The van der Waals surface area contributed by atoms with E-state index in [1.54, 1.807) is 0 Å². The molecule has 98 valence electrons. The van der Waals surface area contributed by atoms with Crippen LogP contribution in [0.15, 0.2) is 24.3 Å². The highest BCUT2D eigenvalue weighted by molar-refractivity contribution is 6.07. The summed E-state index contributed by atoms with van der Waals surface area (Å²) in [6.45, 7) is 0. The van der Waals surface area contributed by atoms with Gasteiger partial charge in [-0.15, -0.1) is 0 Å². The van der Waals surface area contributed by atoms with Crippen molar-refractivity contribution < 1.29 is 29.0 Å². The van der Waals surface area contributed by atoms with Gasteiger partial charge in [0.25, 0.3) is 5.91 Å². The molecular formula is C12H9NO6. The largest absolute Gasteiger partial charge is 0.478 e. The molecule has 1 aliphatic heterocycles. The molecule has 7 nitrogen and oxygen atoms in total. The standard InChI is InChI=1S/C12H9NO6/c14-9-5-8(12(18)19-9)13-10(15)6-3-1-2-4-7(6)11(16)17/h1-4,8H,5H2,(H,13,15)(H,16,17)/t8-/m0/s1. The number of amides is 1. The van der Waals surface area contributed by atoms with Crippen LogP contribution in [0.4, 0.5) is 0 Å². The Morgan fingerprint density at radius 3 is 2.37 bits per heavy atom. The SMILES string of the molecule is O=C1C[C@H](NC(=O)c2ccccc2C(=O)O)C(=O)O1. The second-order valence-corrected chi connectivity index (χ2v) is 3.87. The fourth-order valence-electron chi connectivity index (χ4n) is 1.69. The Bertz CT molecular complexity index is 579. The fraction of sp³-hybridized carbons (Fsp3) is 0.167. The minimum Gasteiger partial charge on any atom is -0.478 e. The summed E-state index contributed by atoms with van der Waals surface area (Å²) in [5, 5.41) is 11.2. The number of carboxylic acid groups (broad SMARTS) is 1. The average molecular weight is 263 g/mol. The highest BCUT2D eigenvalue weighted by Gasteiger charge is 2.35. The monoisotopic (exact) mass is 263 g/mol. The maximum Gasteiger partial charge on any atom is 0.336 e. The lowest BCUT2D eigenvalue weighted by atomic mass is 10.1. The molecule has 0 saturated carbocycles. The number of cyclic esters (lactones) is 2. The molecule has 1 fully saturated rings. The molecule has 1 saturated heterocycles. The van der Waals surface area contributed by atoms with E-state index in [9.17, 15) is 19.2 Å². The summed E-state index contributed by atoms with van der Waals surface area (Å²) < 4.78 is 4.28. The number of carboxylic acids is 1. The Morgan fingerprint density at radius 2 is 1.84 bits per heavy atom. The molecule has 0 radical (unpaired) electrons. The molecule has 0 spiro atoms. The van der Waals surface area contributed by atoms with E-state index >= 15 is 0 Å². The number of rotatable bonds is 3. The van der Waals surface area contributed by atoms with E-state index < -0.39 is 29.9 Å². The van der Waals surface area contributed by atoms with E-state index in [4.69, 9.17) is 5.11 Å². The normalized spacial score (nSPS) is 18.0. The molecule has 1 aromatic rings. The van der Waals surface area contributed by atoms with Crippen LogP contribution in [-0.2, 0) is 14.3 Å². The fourth-order valence-corrected chi connectivity index (χ4v) is 1.69. The highest BCUT2D eigenvalue weighted by Crippen LogP contribution is 2.12. The second kappa shape index (κ2) is 4.89. The lowest BCUT2D eigenvalue weighted by Gasteiger charge is -2.09. The molecule has 2 rings (SSSR count). The van der Waals surface area contributed by atoms with E-state index in [1.165, 1.54) is 24.3 Å². The second-order valence-electron chi connectivity index (χ2n) is 3.87. The number of carbonyl (C=O) groups excluding carboxylic acids is 3. The molecule has 1 heterocycles. The maximum absolute atomic E-state index is 11.9. The topological polar surface area (TPSA) is 110 Å².